The van der Waals surface area contributed by atoms with E-state index in [2.05, 4.69) is 0 Å². The van der Waals surface area contributed by atoms with Gasteiger partial charge < -0.3 is 18.6 Å². The Kier molecular flexibility index (Phi) is 61.3. The SMILES string of the molecule is [O-][Cl+][O-].[O-][Cl+][O-].[Ti+2]. The summed E-state index contributed by atoms with van der Waals surface area (Å²) < 4.78 is 32.9. The molecule has 42 valence electrons. The predicted molar refractivity (Wildman–Crippen MR) is 0 cm³/mol. The summed E-state index contributed by atoms with van der Waals surface area (Å²) in [6.45, 7) is 0. The molecule has 0 aromatic rings. The fourth-order valence-electron chi connectivity index (χ4n) is 0. The van der Waals surface area contributed by atoms with E-state index in [-0.39, 0.29) is 21.7 Å². The Labute approximate surface area is 63.2 Å². The van der Waals surface area contributed by atoms with Gasteiger partial charge >= 0.3 is 21.7 Å². The molecule has 0 saturated heterocycles. The molecule has 0 amide bonds. The number of hydrogen-bond acceptors (Lipinski definition) is 4. The van der Waals surface area contributed by atoms with E-state index in [0.717, 1.165) is 0 Å². The van der Waals surface area contributed by atoms with E-state index < -0.39 is 22.7 Å². The van der Waals surface area contributed by atoms with E-state index in [1.165, 1.54) is 0 Å². The van der Waals surface area contributed by atoms with E-state index in [1.54, 1.807) is 0 Å². The van der Waals surface area contributed by atoms with Gasteiger partial charge in [-0.2, -0.15) is 0 Å². The quantitative estimate of drug-likeness (QED) is 0.352. The molecule has 0 aromatic heterocycles. The van der Waals surface area contributed by atoms with Crippen LogP contribution in [0.4, 0.5) is 0 Å². The molecule has 0 radical (unpaired) electrons. The zero-order chi connectivity index (χ0) is 5.41. The summed E-state index contributed by atoms with van der Waals surface area (Å²) in [6, 6.07) is 0. The van der Waals surface area contributed by atoms with E-state index in [4.69, 9.17) is 18.6 Å². The van der Waals surface area contributed by atoms with Crippen molar-refractivity contribution in [1.82, 2.24) is 0 Å². The molecule has 0 aromatic carbocycles. The topological polar surface area (TPSA) is 92.2 Å². The van der Waals surface area contributed by atoms with Crippen LogP contribution in [0.5, 0.6) is 0 Å². The van der Waals surface area contributed by atoms with Gasteiger partial charge in [-0.15, -0.1) is 0 Å². The molecule has 0 rings (SSSR count). The first-order chi connectivity index (χ1) is 2.83. The van der Waals surface area contributed by atoms with Crippen LogP contribution < -0.4 is 18.6 Å². The monoisotopic (exact) mass is 182 g/mol. The maximum atomic E-state index is 8.24. The standard InChI is InChI=1S/2ClO2.Ti/c2*2-1-3;/q2*-1;+2. The van der Waals surface area contributed by atoms with Gasteiger partial charge in [-0.25, -0.2) is 0 Å². The summed E-state index contributed by atoms with van der Waals surface area (Å²) in [5.41, 5.74) is 0. The molecule has 7 heavy (non-hydrogen) atoms. The molecular formula is Cl2O4Ti. The van der Waals surface area contributed by atoms with Crippen molar-refractivity contribution in [3.05, 3.63) is 0 Å². The fourth-order valence-corrected chi connectivity index (χ4v) is 0. The van der Waals surface area contributed by atoms with Crippen LogP contribution >= 0.6 is 0 Å². The Morgan fingerprint density at radius 2 is 0.714 bits per heavy atom. The molecule has 0 aliphatic carbocycles. The summed E-state index contributed by atoms with van der Waals surface area (Å²) in [7, 11) is 0. The molecule has 0 unspecified atom stereocenters. The Balaban J connectivity index is -0.0000000400. The average molecular weight is 183 g/mol. The fraction of sp³-hybridized carbons (Fsp3) is 0. The third kappa shape index (κ3) is 146. The van der Waals surface area contributed by atoms with Gasteiger partial charge in [0, 0.05) is 0 Å². The molecule has 0 N–H and O–H groups in total. The van der Waals surface area contributed by atoms with Crippen LogP contribution in [-0.4, -0.2) is 0 Å². The van der Waals surface area contributed by atoms with E-state index >= 15 is 0 Å². The van der Waals surface area contributed by atoms with Crippen molar-refractivity contribution in [2.45, 2.75) is 0 Å². The van der Waals surface area contributed by atoms with Gasteiger partial charge in [0.25, 0.3) is 0 Å². The Morgan fingerprint density at radius 3 is 0.714 bits per heavy atom. The summed E-state index contributed by atoms with van der Waals surface area (Å²) in [5.74, 6) is 0. The molecule has 0 aliphatic heterocycles. The molecule has 0 atom stereocenters. The predicted octanol–water partition coefficient (Wildman–Crippen LogP) is -4.76. The van der Waals surface area contributed by atoms with Gasteiger partial charge in [0.05, 0.1) is 22.7 Å². The Morgan fingerprint density at radius 1 is 0.714 bits per heavy atom. The van der Waals surface area contributed by atoms with E-state index in [9.17, 15) is 0 Å². The number of hydrogen-bond donors (Lipinski definition) is 0. The van der Waals surface area contributed by atoms with Crippen molar-refractivity contribution in [3.8, 4) is 0 Å². The molecule has 0 saturated carbocycles. The van der Waals surface area contributed by atoms with Gasteiger partial charge in [-0.1, -0.05) is 0 Å². The zero-order valence-electron chi connectivity index (χ0n) is 2.89. The van der Waals surface area contributed by atoms with Crippen molar-refractivity contribution < 1.29 is 63.0 Å². The van der Waals surface area contributed by atoms with Crippen molar-refractivity contribution in [2.24, 2.45) is 0 Å². The van der Waals surface area contributed by atoms with E-state index in [1.807, 2.05) is 0 Å². The van der Waals surface area contributed by atoms with Crippen LogP contribution in [0.15, 0.2) is 0 Å². The molecule has 0 aliphatic rings. The van der Waals surface area contributed by atoms with Crippen LogP contribution in [0.25, 0.3) is 0 Å². The molecule has 0 bridgehead atoms. The van der Waals surface area contributed by atoms with Crippen LogP contribution in [-0.2, 0) is 21.7 Å². The molecule has 0 spiro atoms. The normalized spacial score (nSPS) is 5.14. The largest absolute Gasteiger partial charge is 2.00 e. The van der Waals surface area contributed by atoms with Gasteiger partial charge in [0.2, 0.25) is 0 Å². The van der Waals surface area contributed by atoms with Crippen LogP contribution in [0.2, 0.25) is 0 Å². The van der Waals surface area contributed by atoms with Crippen LogP contribution in [0, 0.1) is 22.7 Å². The van der Waals surface area contributed by atoms with Gasteiger partial charge in [-0.05, 0) is 0 Å². The summed E-state index contributed by atoms with van der Waals surface area (Å²) in [5, 5.41) is 0. The molecule has 7 heteroatoms. The zero-order valence-corrected chi connectivity index (χ0v) is 5.96. The Bertz CT molecular complexity index is 11.7. The summed E-state index contributed by atoms with van der Waals surface area (Å²) in [4.78, 5) is 0. The van der Waals surface area contributed by atoms with Crippen molar-refractivity contribution in [2.75, 3.05) is 0 Å². The molecule has 0 heterocycles. The number of halogens is 2. The Hall–Kier alpha value is 1.13. The van der Waals surface area contributed by atoms with Gasteiger partial charge in [0.1, 0.15) is 0 Å². The van der Waals surface area contributed by atoms with Crippen molar-refractivity contribution in [3.63, 3.8) is 0 Å². The molecule has 0 fully saturated rings. The first-order valence-corrected chi connectivity index (χ1v) is 1.85. The second kappa shape index (κ2) is 27.3. The second-order valence-corrected chi connectivity index (χ2v) is 0.378. The van der Waals surface area contributed by atoms with Crippen molar-refractivity contribution in [1.29, 1.82) is 0 Å². The minimum absolute atomic E-state index is 0. The van der Waals surface area contributed by atoms with E-state index in [0.29, 0.717) is 0 Å². The minimum atomic E-state index is -0.417. The van der Waals surface area contributed by atoms with Gasteiger partial charge in [0.15, 0.2) is 0 Å². The van der Waals surface area contributed by atoms with Crippen molar-refractivity contribution >= 4 is 0 Å². The van der Waals surface area contributed by atoms with Crippen LogP contribution in [0.3, 0.4) is 0 Å². The number of rotatable bonds is 0. The molecule has 4 nitrogen and oxygen atoms in total. The van der Waals surface area contributed by atoms with Gasteiger partial charge in [-0.3, -0.25) is 0 Å². The first-order valence-electron chi connectivity index (χ1n) is 0.617. The van der Waals surface area contributed by atoms with Crippen LogP contribution in [0.1, 0.15) is 0 Å². The average Bonchev–Trinajstić information content (AvgIpc) is 1.39. The summed E-state index contributed by atoms with van der Waals surface area (Å²) in [6.07, 6.45) is 0. The second-order valence-electron chi connectivity index (χ2n) is 0.126. The summed E-state index contributed by atoms with van der Waals surface area (Å²) >= 11 is -0.833. The first kappa shape index (κ1) is 15.7. The third-order valence-electron chi connectivity index (χ3n) is 0. The maximum Gasteiger partial charge on any atom is 2.00 e. The minimum Gasteiger partial charge on any atom is -0.544 e. The smallest absolute Gasteiger partial charge is 0.544 e. The molecular weight excluding hydrogens is 183 g/mol. The third-order valence-corrected chi connectivity index (χ3v) is 0. The maximum absolute atomic E-state index is 8.24.